The minimum atomic E-state index is -0.278. The lowest BCUT2D eigenvalue weighted by atomic mass is 10.1. The second-order valence-electron chi connectivity index (χ2n) is 5.52. The first kappa shape index (κ1) is 15.0. The van der Waals surface area contributed by atoms with Gasteiger partial charge in [-0.25, -0.2) is 9.50 Å². The van der Waals surface area contributed by atoms with Gasteiger partial charge in [-0.1, -0.05) is 13.8 Å². The molecule has 1 N–H and O–H groups in total. The lowest BCUT2D eigenvalue weighted by molar-refractivity contribution is 0.0945. The number of carbonyl (C=O) groups is 1. The van der Waals surface area contributed by atoms with Gasteiger partial charge in [0.05, 0.1) is 29.8 Å². The normalized spacial score (nSPS) is 11.1. The van der Waals surface area contributed by atoms with Gasteiger partial charge in [0.1, 0.15) is 12.0 Å². The monoisotopic (exact) mass is 311 g/mol. The molecule has 0 aliphatic rings. The van der Waals surface area contributed by atoms with Gasteiger partial charge < -0.3 is 5.32 Å². The zero-order valence-corrected chi connectivity index (χ0v) is 13.2. The topological polar surface area (TPSA) is 98.0 Å². The number of amides is 1. The average Bonchev–Trinajstić information content (AvgIpc) is 3.01. The number of rotatable bonds is 4. The fourth-order valence-corrected chi connectivity index (χ4v) is 2.13. The van der Waals surface area contributed by atoms with Crippen LogP contribution in [0.4, 0.5) is 0 Å². The molecule has 0 saturated heterocycles. The molecule has 0 radical (unpaired) electrons. The van der Waals surface area contributed by atoms with Crippen molar-refractivity contribution in [3.63, 3.8) is 0 Å². The summed E-state index contributed by atoms with van der Waals surface area (Å²) < 4.78 is 1.65. The van der Waals surface area contributed by atoms with Crippen LogP contribution in [0.2, 0.25) is 0 Å². The lowest BCUT2D eigenvalue weighted by Gasteiger charge is -2.10. The molecule has 118 valence electrons. The molecule has 23 heavy (non-hydrogen) atoms. The molecule has 3 aromatic rings. The number of hydrogen-bond acceptors (Lipinski definition) is 6. The SMILES string of the molecule is Cc1cnc(CNC(=O)c2cc(C(C)C)n3ncnc3n2)cn1. The molecule has 1 amide bonds. The number of nitrogens with one attached hydrogen (secondary N) is 1. The summed E-state index contributed by atoms with van der Waals surface area (Å²) in [5.74, 6) is 0.327. The molecule has 3 heterocycles. The highest BCUT2D eigenvalue weighted by Gasteiger charge is 2.15. The fraction of sp³-hybridized carbons (Fsp3) is 0.333. The van der Waals surface area contributed by atoms with E-state index in [1.807, 2.05) is 20.8 Å². The lowest BCUT2D eigenvalue weighted by Crippen LogP contribution is -2.25. The van der Waals surface area contributed by atoms with Crippen LogP contribution in [0.1, 0.15) is 47.3 Å². The summed E-state index contributed by atoms with van der Waals surface area (Å²) in [6.07, 6.45) is 4.74. The van der Waals surface area contributed by atoms with Crippen molar-refractivity contribution in [3.8, 4) is 0 Å². The number of carbonyl (C=O) groups excluding carboxylic acids is 1. The number of fused-ring (bicyclic) bond motifs is 1. The van der Waals surface area contributed by atoms with Crippen molar-refractivity contribution in [2.24, 2.45) is 0 Å². The minimum absolute atomic E-state index is 0.191. The summed E-state index contributed by atoms with van der Waals surface area (Å²) >= 11 is 0. The van der Waals surface area contributed by atoms with Crippen molar-refractivity contribution < 1.29 is 4.79 Å². The van der Waals surface area contributed by atoms with Crippen molar-refractivity contribution in [1.29, 1.82) is 0 Å². The van der Waals surface area contributed by atoms with Gasteiger partial charge in [0.2, 0.25) is 0 Å². The van der Waals surface area contributed by atoms with Crippen LogP contribution >= 0.6 is 0 Å². The van der Waals surface area contributed by atoms with Crippen LogP contribution < -0.4 is 5.32 Å². The summed E-state index contributed by atoms with van der Waals surface area (Å²) in [7, 11) is 0. The van der Waals surface area contributed by atoms with E-state index >= 15 is 0 Å². The minimum Gasteiger partial charge on any atom is -0.345 e. The summed E-state index contributed by atoms with van der Waals surface area (Å²) in [4.78, 5) is 29.0. The summed E-state index contributed by atoms with van der Waals surface area (Å²) in [5.41, 5.74) is 2.72. The van der Waals surface area contributed by atoms with Crippen LogP contribution in [0, 0.1) is 6.92 Å². The molecule has 0 fully saturated rings. The van der Waals surface area contributed by atoms with E-state index in [1.165, 1.54) is 6.33 Å². The zero-order valence-electron chi connectivity index (χ0n) is 13.2. The molecule has 0 atom stereocenters. The maximum atomic E-state index is 12.3. The van der Waals surface area contributed by atoms with E-state index in [0.717, 1.165) is 11.4 Å². The molecule has 0 aromatic carbocycles. The molecular formula is C15H17N7O. The Labute approximate surface area is 133 Å². The Balaban J connectivity index is 1.81. The van der Waals surface area contributed by atoms with Gasteiger partial charge in [-0.3, -0.25) is 14.8 Å². The standard InChI is InChI=1S/C15H17N7O/c1-9(2)13-4-12(21-15-19-8-20-22(13)15)14(23)18-7-11-6-16-10(3)5-17-11/h4-6,8-9H,7H2,1-3H3,(H,18,23). The second kappa shape index (κ2) is 6.07. The van der Waals surface area contributed by atoms with E-state index in [2.05, 4.69) is 30.4 Å². The van der Waals surface area contributed by atoms with Crippen molar-refractivity contribution in [1.82, 2.24) is 34.9 Å². The Morgan fingerprint density at radius 1 is 1.26 bits per heavy atom. The molecule has 0 saturated carbocycles. The predicted molar refractivity (Wildman–Crippen MR) is 82.8 cm³/mol. The summed E-state index contributed by atoms with van der Waals surface area (Å²) in [5, 5.41) is 6.93. The Morgan fingerprint density at radius 3 is 2.78 bits per heavy atom. The molecule has 0 aliphatic heterocycles. The molecule has 3 aromatic heterocycles. The van der Waals surface area contributed by atoms with Crippen LogP contribution in [0.25, 0.3) is 5.78 Å². The van der Waals surface area contributed by atoms with E-state index in [9.17, 15) is 4.79 Å². The van der Waals surface area contributed by atoms with Gasteiger partial charge in [-0.05, 0) is 18.9 Å². The van der Waals surface area contributed by atoms with Crippen molar-refractivity contribution in [2.45, 2.75) is 33.2 Å². The second-order valence-corrected chi connectivity index (χ2v) is 5.52. The number of nitrogens with zero attached hydrogens (tertiary/aromatic N) is 6. The molecule has 0 unspecified atom stereocenters. The molecule has 8 nitrogen and oxygen atoms in total. The smallest absolute Gasteiger partial charge is 0.270 e. The maximum Gasteiger partial charge on any atom is 0.270 e. The van der Waals surface area contributed by atoms with Gasteiger partial charge in [0.25, 0.3) is 11.7 Å². The van der Waals surface area contributed by atoms with Crippen LogP contribution in [0.5, 0.6) is 0 Å². The Morgan fingerprint density at radius 2 is 2.09 bits per heavy atom. The number of hydrogen-bond donors (Lipinski definition) is 1. The van der Waals surface area contributed by atoms with Crippen LogP contribution in [0.15, 0.2) is 24.8 Å². The highest BCUT2D eigenvalue weighted by Crippen LogP contribution is 2.15. The Hall–Kier alpha value is -2.90. The van der Waals surface area contributed by atoms with Crippen LogP contribution in [0.3, 0.4) is 0 Å². The van der Waals surface area contributed by atoms with E-state index in [1.54, 1.807) is 23.0 Å². The highest BCUT2D eigenvalue weighted by atomic mass is 16.1. The average molecular weight is 311 g/mol. The van der Waals surface area contributed by atoms with Crippen molar-refractivity contribution >= 4 is 11.7 Å². The first-order valence-electron chi connectivity index (χ1n) is 7.31. The number of aromatic nitrogens is 6. The third-order valence-electron chi connectivity index (χ3n) is 3.37. The van der Waals surface area contributed by atoms with Gasteiger partial charge in [-0.15, -0.1) is 0 Å². The van der Waals surface area contributed by atoms with Gasteiger partial charge >= 0.3 is 0 Å². The molecule has 0 aliphatic carbocycles. The van der Waals surface area contributed by atoms with E-state index in [-0.39, 0.29) is 11.8 Å². The quantitative estimate of drug-likeness (QED) is 0.779. The summed E-state index contributed by atoms with van der Waals surface area (Å²) in [6, 6.07) is 1.74. The molecular weight excluding hydrogens is 294 g/mol. The Kier molecular flexibility index (Phi) is 3.96. The third kappa shape index (κ3) is 3.15. The largest absolute Gasteiger partial charge is 0.345 e. The maximum absolute atomic E-state index is 12.3. The van der Waals surface area contributed by atoms with E-state index in [4.69, 9.17) is 0 Å². The predicted octanol–water partition coefficient (Wildman–Crippen LogP) is 1.28. The fourth-order valence-electron chi connectivity index (χ4n) is 2.13. The molecule has 3 rings (SSSR count). The van der Waals surface area contributed by atoms with Crippen molar-refractivity contribution in [2.75, 3.05) is 0 Å². The van der Waals surface area contributed by atoms with Crippen LogP contribution in [-0.4, -0.2) is 35.5 Å². The highest BCUT2D eigenvalue weighted by molar-refractivity contribution is 5.92. The molecule has 8 heteroatoms. The molecule has 0 spiro atoms. The van der Waals surface area contributed by atoms with Crippen molar-refractivity contribution in [3.05, 3.63) is 47.6 Å². The summed E-state index contributed by atoms with van der Waals surface area (Å²) in [6.45, 7) is 6.21. The third-order valence-corrected chi connectivity index (χ3v) is 3.37. The van der Waals surface area contributed by atoms with E-state index in [0.29, 0.717) is 23.7 Å². The first-order valence-corrected chi connectivity index (χ1v) is 7.31. The first-order chi connectivity index (χ1) is 11.0. The van der Waals surface area contributed by atoms with Gasteiger partial charge in [0, 0.05) is 6.20 Å². The number of aryl methyl sites for hydroxylation is 1. The van der Waals surface area contributed by atoms with Gasteiger partial charge in [-0.2, -0.15) is 10.1 Å². The van der Waals surface area contributed by atoms with Crippen LogP contribution in [-0.2, 0) is 6.54 Å². The molecule has 0 bridgehead atoms. The van der Waals surface area contributed by atoms with E-state index < -0.39 is 0 Å². The van der Waals surface area contributed by atoms with Gasteiger partial charge in [0.15, 0.2) is 0 Å². The zero-order chi connectivity index (χ0) is 16.4. The Bertz CT molecular complexity index is 839.